The van der Waals surface area contributed by atoms with Gasteiger partial charge in [0.15, 0.2) is 0 Å². The molecule has 2 aromatic carbocycles. The molecular weight excluding hydrogens is 212 g/mol. The number of benzene rings is 2. The quantitative estimate of drug-likeness (QED) is 0.523. The molecule has 0 fully saturated rings. The number of para-hydroxylation sites is 2. The zero-order chi connectivity index (χ0) is 12.0. The normalized spacial score (nSPS) is 8.47. The fourth-order valence-corrected chi connectivity index (χ4v) is 1.01. The Labute approximate surface area is 102 Å². The lowest BCUT2D eigenvalue weighted by atomic mass is 10.3. The van der Waals surface area contributed by atoms with Crippen molar-refractivity contribution < 1.29 is 0 Å². The first-order valence-corrected chi connectivity index (χ1v) is 4.80. The number of anilines is 4. The van der Waals surface area contributed by atoms with Crippen molar-refractivity contribution in [3.05, 3.63) is 48.5 Å². The third-order valence-electron chi connectivity index (χ3n) is 1.93. The Morgan fingerprint density at radius 1 is 0.529 bits per heavy atom. The second-order valence-electron chi connectivity index (χ2n) is 3.30. The molecule has 2 rings (SSSR count). The van der Waals surface area contributed by atoms with E-state index in [1.165, 1.54) is 0 Å². The zero-order valence-electron chi connectivity index (χ0n) is 8.93. The largest absolute Gasteiger partial charge is 0.399 e. The molecule has 0 bridgehead atoms. The summed E-state index contributed by atoms with van der Waals surface area (Å²) < 4.78 is 0. The van der Waals surface area contributed by atoms with E-state index in [1.54, 1.807) is 36.4 Å². The van der Waals surface area contributed by atoms with Crippen molar-refractivity contribution in [3.8, 4) is 0 Å². The van der Waals surface area contributed by atoms with Crippen LogP contribution in [0.15, 0.2) is 48.5 Å². The van der Waals surface area contributed by atoms with Crippen molar-refractivity contribution in [3.63, 3.8) is 0 Å². The molecule has 0 aliphatic carbocycles. The Bertz CT molecular complexity index is 395. The maximum atomic E-state index is 5.39. The van der Waals surface area contributed by atoms with E-state index in [9.17, 15) is 0 Å². The van der Waals surface area contributed by atoms with Crippen molar-refractivity contribution in [2.45, 2.75) is 7.43 Å². The summed E-state index contributed by atoms with van der Waals surface area (Å²) in [5.41, 5.74) is 24.3. The summed E-state index contributed by atoms with van der Waals surface area (Å²) in [4.78, 5) is 0. The molecular formula is C13H20N4. The van der Waals surface area contributed by atoms with Gasteiger partial charge < -0.3 is 22.9 Å². The second kappa shape index (κ2) is 7.00. The summed E-state index contributed by atoms with van der Waals surface area (Å²) in [6.45, 7) is 0. The minimum atomic E-state index is 0. The molecule has 0 aliphatic rings. The van der Waals surface area contributed by atoms with Gasteiger partial charge in [-0.2, -0.15) is 0 Å². The van der Waals surface area contributed by atoms with Crippen molar-refractivity contribution in [1.29, 1.82) is 0 Å². The number of hydrogen-bond acceptors (Lipinski definition) is 4. The highest BCUT2D eigenvalue weighted by molar-refractivity contribution is 5.62. The molecule has 0 unspecified atom stereocenters. The highest BCUT2D eigenvalue weighted by Gasteiger charge is 1.85. The highest BCUT2D eigenvalue weighted by atomic mass is 14.7. The van der Waals surface area contributed by atoms with Gasteiger partial charge in [0.2, 0.25) is 0 Å². The highest BCUT2D eigenvalue weighted by Crippen LogP contribution is 2.10. The zero-order valence-corrected chi connectivity index (χ0v) is 8.93. The second-order valence-corrected chi connectivity index (χ2v) is 3.30. The summed E-state index contributed by atoms with van der Waals surface area (Å²) in [6, 6.07) is 14.3. The van der Waals surface area contributed by atoms with Crippen molar-refractivity contribution in [2.24, 2.45) is 0 Å². The number of rotatable bonds is 0. The van der Waals surface area contributed by atoms with E-state index in [4.69, 9.17) is 22.9 Å². The van der Waals surface area contributed by atoms with Gasteiger partial charge in [0.25, 0.3) is 0 Å². The van der Waals surface area contributed by atoms with Crippen LogP contribution in [0.5, 0.6) is 0 Å². The van der Waals surface area contributed by atoms with Crippen LogP contribution < -0.4 is 22.9 Å². The van der Waals surface area contributed by atoms with E-state index in [1.807, 2.05) is 12.1 Å². The molecule has 4 nitrogen and oxygen atoms in total. The molecule has 0 heterocycles. The van der Waals surface area contributed by atoms with Gasteiger partial charge in [0.05, 0.1) is 11.4 Å². The molecule has 0 spiro atoms. The van der Waals surface area contributed by atoms with E-state index in [0.29, 0.717) is 11.4 Å². The molecule has 92 valence electrons. The van der Waals surface area contributed by atoms with Crippen molar-refractivity contribution in [2.75, 3.05) is 22.9 Å². The molecule has 0 aliphatic heterocycles. The third kappa shape index (κ3) is 5.32. The third-order valence-corrected chi connectivity index (χ3v) is 1.93. The van der Waals surface area contributed by atoms with Gasteiger partial charge in [-0.25, -0.2) is 0 Å². The summed E-state index contributed by atoms with van der Waals surface area (Å²) in [5, 5.41) is 0. The van der Waals surface area contributed by atoms with Crippen LogP contribution in [0, 0.1) is 0 Å². The Morgan fingerprint density at radius 2 is 0.824 bits per heavy atom. The molecule has 17 heavy (non-hydrogen) atoms. The van der Waals surface area contributed by atoms with Gasteiger partial charge in [-0.15, -0.1) is 0 Å². The molecule has 4 heteroatoms. The summed E-state index contributed by atoms with van der Waals surface area (Å²) in [7, 11) is 0. The average molecular weight is 232 g/mol. The fraction of sp³-hybridized carbons (Fsp3) is 0.0769. The standard InChI is InChI=1S/2C6H8N2.CH4/c7-5-1-2-6(8)4-3-5;7-5-3-1-2-4-6(5)8;/h2*1-4H,7-8H2;1H4. The monoisotopic (exact) mass is 232 g/mol. The van der Waals surface area contributed by atoms with E-state index >= 15 is 0 Å². The lowest BCUT2D eigenvalue weighted by Gasteiger charge is -1.94. The average Bonchev–Trinajstić information content (AvgIpc) is 2.28. The topological polar surface area (TPSA) is 104 Å². The lowest BCUT2D eigenvalue weighted by molar-refractivity contribution is 1.67. The van der Waals surface area contributed by atoms with Gasteiger partial charge in [0, 0.05) is 11.4 Å². The first-order chi connectivity index (χ1) is 7.59. The van der Waals surface area contributed by atoms with Crippen LogP contribution in [0.4, 0.5) is 22.7 Å². The van der Waals surface area contributed by atoms with Crippen LogP contribution >= 0.6 is 0 Å². The minimum absolute atomic E-state index is 0. The van der Waals surface area contributed by atoms with Crippen LogP contribution in [-0.4, -0.2) is 0 Å². The Balaban J connectivity index is 0.000000284. The van der Waals surface area contributed by atoms with Crippen LogP contribution in [0.3, 0.4) is 0 Å². The number of nitrogen functional groups attached to an aromatic ring is 4. The number of hydrogen-bond donors (Lipinski definition) is 4. The van der Waals surface area contributed by atoms with Gasteiger partial charge in [-0.05, 0) is 36.4 Å². The van der Waals surface area contributed by atoms with Crippen LogP contribution in [0.1, 0.15) is 7.43 Å². The summed E-state index contributed by atoms with van der Waals surface area (Å²) in [5.74, 6) is 0. The number of nitrogens with two attached hydrogens (primary N) is 4. The lowest BCUT2D eigenvalue weighted by Crippen LogP contribution is -1.91. The molecule has 0 atom stereocenters. The fourth-order valence-electron chi connectivity index (χ4n) is 1.01. The van der Waals surface area contributed by atoms with E-state index in [-0.39, 0.29) is 7.43 Å². The summed E-state index contributed by atoms with van der Waals surface area (Å²) in [6.07, 6.45) is 0. The molecule has 0 radical (unpaired) electrons. The van der Waals surface area contributed by atoms with E-state index < -0.39 is 0 Å². The smallest absolute Gasteiger partial charge is 0.0547 e. The van der Waals surface area contributed by atoms with Crippen molar-refractivity contribution in [1.82, 2.24) is 0 Å². The first kappa shape index (κ1) is 14.6. The molecule has 2 aromatic rings. The van der Waals surface area contributed by atoms with Crippen LogP contribution in [-0.2, 0) is 0 Å². The Morgan fingerprint density at radius 3 is 1.06 bits per heavy atom. The molecule has 0 amide bonds. The van der Waals surface area contributed by atoms with Crippen molar-refractivity contribution >= 4 is 22.7 Å². The molecule has 0 saturated carbocycles. The Kier molecular flexibility index (Phi) is 6.03. The first-order valence-electron chi connectivity index (χ1n) is 4.80. The van der Waals surface area contributed by atoms with Gasteiger partial charge >= 0.3 is 0 Å². The predicted octanol–water partition coefficient (Wildman–Crippen LogP) is 2.34. The molecule has 8 N–H and O–H groups in total. The summed E-state index contributed by atoms with van der Waals surface area (Å²) >= 11 is 0. The van der Waals surface area contributed by atoms with Gasteiger partial charge in [-0.1, -0.05) is 19.6 Å². The van der Waals surface area contributed by atoms with Crippen LogP contribution in [0.2, 0.25) is 0 Å². The van der Waals surface area contributed by atoms with E-state index in [0.717, 1.165) is 11.4 Å². The van der Waals surface area contributed by atoms with Crippen LogP contribution in [0.25, 0.3) is 0 Å². The van der Waals surface area contributed by atoms with Gasteiger partial charge in [0.1, 0.15) is 0 Å². The van der Waals surface area contributed by atoms with E-state index in [2.05, 4.69) is 0 Å². The SMILES string of the molecule is C.Nc1ccc(N)cc1.Nc1ccccc1N. The molecule has 0 saturated heterocycles. The predicted molar refractivity (Wildman–Crippen MR) is 77.3 cm³/mol. The maximum absolute atomic E-state index is 5.39. The minimum Gasteiger partial charge on any atom is -0.399 e. The molecule has 0 aromatic heterocycles. The maximum Gasteiger partial charge on any atom is 0.0547 e. The Hall–Kier alpha value is -2.36. The van der Waals surface area contributed by atoms with Gasteiger partial charge in [-0.3, -0.25) is 0 Å².